The number of carbonyl (C=O) groups excluding carboxylic acids is 1. The highest BCUT2D eigenvalue weighted by Gasteiger charge is 2.26. The minimum atomic E-state index is -0.497. The highest BCUT2D eigenvalue weighted by Crippen LogP contribution is 2.32. The second kappa shape index (κ2) is 6.84. The van der Waals surface area contributed by atoms with Crippen molar-refractivity contribution < 1.29 is 9.18 Å². The fourth-order valence-corrected chi connectivity index (χ4v) is 3.80. The summed E-state index contributed by atoms with van der Waals surface area (Å²) >= 11 is 6.60. The summed E-state index contributed by atoms with van der Waals surface area (Å²) in [7, 11) is 0. The highest BCUT2D eigenvalue weighted by atomic mass is 79.9. The largest absolute Gasteiger partial charge is 0.352 e. The maximum Gasteiger partial charge on any atom is 0.254 e. The molecule has 19 heavy (non-hydrogen) atoms. The van der Waals surface area contributed by atoms with Crippen molar-refractivity contribution in [3.8, 4) is 0 Å². The van der Waals surface area contributed by atoms with Gasteiger partial charge in [-0.1, -0.05) is 28.4 Å². The minimum Gasteiger partial charge on any atom is -0.352 e. The standard InChI is InChI=1S/C14H16Br2FNO/c15-7-9-3-1-4-10(9)8-18-14(19)11-5-2-6-12(16)13(11)17/h2,5-6,9-10H,1,3-4,7-8H2,(H,18,19). The maximum atomic E-state index is 13.8. The van der Waals surface area contributed by atoms with Crippen molar-refractivity contribution in [3.05, 3.63) is 34.1 Å². The summed E-state index contributed by atoms with van der Waals surface area (Å²) < 4.78 is 14.1. The molecule has 104 valence electrons. The molecule has 0 saturated heterocycles. The average molecular weight is 393 g/mol. The fourth-order valence-electron chi connectivity index (χ4n) is 2.58. The van der Waals surface area contributed by atoms with E-state index < -0.39 is 5.82 Å². The number of carbonyl (C=O) groups is 1. The third-order valence-electron chi connectivity index (χ3n) is 3.74. The van der Waals surface area contributed by atoms with Gasteiger partial charge >= 0.3 is 0 Å². The monoisotopic (exact) mass is 391 g/mol. The molecule has 0 heterocycles. The zero-order chi connectivity index (χ0) is 13.8. The summed E-state index contributed by atoms with van der Waals surface area (Å²) in [6.45, 7) is 0.626. The molecule has 5 heteroatoms. The Bertz CT molecular complexity index is 467. The highest BCUT2D eigenvalue weighted by molar-refractivity contribution is 9.10. The lowest BCUT2D eigenvalue weighted by atomic mass is 9.98. The van der Waals surface area contributed by atoms with Gasteiger partial charge in [-0.2, -0.15) is 0 Å². The SMILES string of the molecule is O=C(NCC1CCCC1CBr)c1cccc(Br)c1F. The number of benzene rings is 1. The number of hydrogen-bond donors (Lipinski definition) is 1. The van der Waals surface area contributed by atoms with E-state index in [0.29, 0.717) is 22.9 Å². The lowest BCUT2D eigenvalue weighted by Gasteiger charge is -2.18. The van der Waals surface area contributed by atoms with Gasteiger partial charge in [0.2, 0.25) is 0 Å². The molecular weight excluding hydrogens is 377 g/mol. The minimum absolute atomic E-state index is 0.0998. The Balaban J connectivity index is 1.96. The predicted molar refractivity (Wildman–Crippen MR) is 81.1 cm³/mol. The lowest BCUT2D eigenvalue weighted by molar-refractivity contribution is 0.0940. The van der Waals surface area contributed by atoms with Gasteiger partial charge in [0.1, 0.15) is 5.82 Å². The number of rotatable bonds is 4. The van der Waals surface area contributed by atoms with Crippen LogP contribution in [-0.2, 0) is 0 Å². The summed E-state index contributed by atoms with van der Waals surface area (Å²) in [6, 6.07) is 4.76. The number of hydrogen-bond acceptors (Lipinski definition) is 1. The van der Waals surface area contributed by atoms with E-state index in [1.165, 1.54) is 18.9 Å². The van der Waals surface area contributed by atoms with Crippen LogP contribution in [0.5, 0.6) is 0 Å². The Morgan fingerprint density at radius 1 is 1.37 bits per heavy atom. The Labute approximate surface area is 129 Å². The van der Waals surface area contributed by atoms with Crippen LogP contribution in [-0.4, -0.2) is 17.8 Å². The molecule has 1 amide bonds. The molecule has 2 nitrogen and oxygen atoms in total. The van der Waals surface area contributed by atoms with Gasteiger partial charge in [0.25, 0.3) is 5.91 Å². The van der Waals surface area contributed by atoms with Crippen LogP contribution in [0, 0.1) is 17.7 Å². The maximum absolute atomic E-state index is 13.8. The quantitative estimate of drug-likeness (QED) is 0.767. The first-order chi connectivity index (χ1) is 9.13. The third-order valence-corrected chi connectivity index (χ3v) is 5.18. The van der Waals surface area contributed by atoms with E-state index in [2.05, 4.69) is 37.2 Å². The number of amides is 1. The topological polar surface area (TPSA) is 29.1 Å². The van der Waals surface area contributed by atoms with E-state index in [1.54, 1.807) is 12.1 Å². The Hall–Kier alpha value is -0.420. The molecule has 1 aliphatic rings. The molecule has 0 aliphatic heterocycles. The van der Waals surface area contributed by atoms with Crippen LogP contribution in [0.15, 0.2) is 22.7 Å². The van der Waals surface area contributed by atoms with Gasteiger partial charge in [-0.05, 0) is 52.7 Å². The number of halogens is 3. The third kappa shape index (κ3) is 3.57. The van der Waals surface area contributed by atoms with Crippen LogP contribution in [0.4, 0.5) is 4.39 Å². The first-order valence-electron chi connectivity index (χ1n) is 6.41. The van der Waals surface area contributed by atoms with Crippen LogP contribution >= 0.6 is 31.9 Å². The molecule has 1 aliphatic carbocycles. The molecule has 2 atom stereocenters. The van der Waals surface area contributed by atoms with Crippen LogP contribution in [0.2, 0.25) is 0 Å². The van der Waals surface area contributed by atoms with Crippen molar-refractivity contribution in [1.82, 2.24) is 5.32 Å². The van der Waals surface area contributed by atoms with Crippen LogP contribution in [0.1, 0.15) is 29.6 Å². The molecular formula is C14H16Br2FNO. The molecule has 0 spiro atoms. The lowest BCUT2D eigenvalue weighted by Crippen LogP contribution is -2.31. The van der Waals surface area contributed by atoms with Crippen molar-refractivity contribution in [2.75, 3.05) is 11.9 Å². The Morgan fingerprint density at radius 2 is 2.11 bits per heavy atom. The second-order valence-corrected chi connectivity index (χ2v) is 6.42. The van der Waals surface area contributed by atoms with E-state index in [4.69, 9.17) is 0 Å². The van der Waals surface area contributed by atoms with Crippen molar-refractivity contribution in [2.45, 2.75) is 19.3 Å². The molecule has 1 saturated carbocycles. The molecule has 0 aromatic heterocycles. The van der Waals surface area contributed by atoms with E-state index in [0.717, 1.165) is 11.8 Å². The molecule has 1 aromatic carbocycles. The van der Waals surface area contributed by atoms with Crippen molar-refractivity contribution >= 4 is 37.8 Å². The summed E-state index contributed by atoms with van der Waals surface area (Å²) in [5, 5.41) is 3.82. The number of nitrogens with one attached hydrogen (secondary N) is 1. The van der Waals surface area contributed by atoms with Gasteiger partial charge in [0.15, 0.2) is 0 Å². The molecule has 2 unspecified atom stereocenters. The summed E-state index contributed by atoms with van der Waals surface area (Å²) in [5.41, 5.74) is 0.0998. The normalized spacial score (nSPS) is 22.5. The molecule has 1 aromatic rings. The molecule has 0 bridgehead atoms. The fraction of sp³-hybridized carbons (Fsp3) is 0.500. The molecule has 1 N–H and O–H groups in total. The first kappa shape index (κ1) is 15.0. The van der Waals surface area contributed by atoms with Gasteiger partial charge in [-0.15, -0.1) is 0 Å². The van der Waals surface area contributed by atoms with E-state index in [9.17, 15) is 9.18 Å². The molecule has 1 fully saturated rings. The zero-order valence-corrected chi connectivity index (χ0v) is 13.6. The predicted octanol–water partition coefficient (Wildman–Crippen LogP) is 4.13. The van der Waals surface area contributed by atoms with Crippen molar-refractivity contribution in [1.29, 1.82) is 0 Å². The second-order valence-electron chi connectivity index (χ2n) is 4.92. The molecule has 2 rings (SSSR count). The van der Waals surface area contributed by atoms with Crippen molar-refractivity contribution in [2.24, 2.45) is 11.8 Å². The summed E-state index contributed by atoms with van der Waals surface area (Å²) in [4.78, 5) is 12.0. The van der Waals surface area contributed by atoms with Crippen LogP contribution in [0.25, 0.3) is 0 Å². The smallest absolute Gasteiger partial charge is 0.254 e. The van der Waals surface area contributed by atoms with Gasteiger partial charge in [0.05, 0.1) is 10.0 Å². The molecule has 0 radical (unpaired) electrons. The van der Waals surface area contributed by atoms with E-state index >= 15 is 0 Å². The average Bonchev–Trinajstić information content (AvgIpc) is 2.86. The van der Waals surface area contributed by atoms with Crippen LogP contribution in [0.3, 0.4) is 0 Å². The van der Waals surface area contributed by atoms with Gasteiger partial charge in [-0.3, -0.25) is 4.79 Å². The first-order valence-corrected chi connectivity index (χ1v) is 8.33. The van der Waals surface area contributed by atoms with Crippen molar-refractivity contribution in [3.63, 3.8) is 0 Å². The zero-order valence-electron chi connectivity index (χ0n) is 10.5. The van der Waals surface area contributed by atoms with E-state index in [1.807, 2.05) is 0 Å². The van der Waals surface area contributed by atoms with E-state index in [-0.39, 0.29) is 11.5 Å². The summed E-state index contributed by atoms with van der Waals surface area (Å²) in [6.07, 6.45) is 3.55. The summed E-state index contributed by atoms with van der Waals surface area (Å²) in [5.74, 6) is 0.286. The van der Waals surface area contributed by atoms with Gasteiger partial charge in [-0.25, -0.2) is 4.39 Å². The Morgan fingerprint density at radius 3 is 2.84 bits per heavy atom. The van der Waals surface area contributed by atoms with Gasteiger partial charge in [0, 0.05) is 11.9 Å². The number of alkyl halides is 1. The Kier molecular flexibility index (Phi) is 5.39. The van der Waals surface area contributed by atoms with Gasteiger partial charge < -0.3 is 5.32 Å². The van der Waals surface area contributed by atoms with Crippen LogP contribution < -0.4 is 5.32 Å².